The van der Waals surface area contributed by atoms with Crippen molar-refractivity contribution in [1.82, 2.24) is 10.2 Å². The third-order valence-corrected chi connectivity index (χ3v) is 2.02. The summed E-state index contributed by atoms with van der Waals surface area (Å²) in [6.07, 6.45) is -5.00. The minimum atomic E-state index is -6.38. The number of aromatic nitrogens is 2. The first-order valence-electron chi connectivity index (χ1n) is 4.14. The number of halogens is 8. The monoisotopic (exact) mass is 284 g/mol. The summed E-state index contributed by atoms with van der Waals surface area (Å²) in [7, 11) is 0. The number of alkyl halides is 8. The molecular formula is C7H4F8N2O. The van der Waals surface area contributed by atoms with Crippen molar-refractivity contribution in [3.63, 3.8) is 0 Å². The molecule has 0 aliphatic rings. The molecule has 0 unspecified atom stereocenters. The summed E-state index contributed by atoms with van der Waals surface area (Å²) in [4.78, 5) is 10.4. The van der Waals surface area contributed by atoms with Crippen LogP contribution in [0.4, 0.5) is 35.1 Å². The van der Waals surface area contributed by atoms with E-state index in [9.17, 15) is 39.9 Å². The lowest BCUT2D eigenvalue weighted by atomic mass is 10.0. The molecule has 0 spiro atoms. The first kappa shape index (κ1) is 14.5. The maximum atomic E-state index is 13.0. The molecule has 104 valence electrons. The maximum absolute atomic E-state index is 13.0. The van der Waals surface area contributed by atoms with Gasteiger partial charge in [-0.15, -0.1) is 0 Å². The Hall–Kier alpha value is -1.55. The van der Waals surface area contributed by atoms with Gasteiger partial charge in [0.1, 0.15) is 5.69 Å². The van der Waals surface area contributed by atoms with Crippen LogP contribution in [0.25, 0.3) is 0 Å². The van der Waals surface area contributed by atoms with E-state index in [1.807, 2.05) is 0 Å². The number of rotatable bonds is 4. The van der Waals surface area contributed by atoms with Gasteiger partial charge in [-0.25, -0.2) is 8.78 Å². The van der Waals surface area contributed by atoms with E-state index in [1.54, 1.807) is 0 Å². The third kappa shape index (κ3) is 1.86. The van der Waals surface area contributed by atoms with Gasteiger partial charge in [-0.2, -0.15) is 26.3 Å². The van der Waals surface area contributed by atoms with Crippen molar-refractivity contribution < 1.29 is 35.1 Å². The fourth-order valence-electron chi connectivity index (χ4n) is 1.02. The Morgan fingerprint density at radius 1 is 1.00 bits per heavy atom. The Bertz CT molecular complexity index is 476. The zero-order chi connectivity index (χ0) is 14.4. The van der Waals surface area contributed by atoms with E-state index in [0.29, 0.717) is 0 Å². The maximum Gasteiger partial charge on any atom is 0.383 e. The molecule has 0 aliphatic heterocycles. The van der Waals surface area contributed by atoms with Gasteiger partial charge in [0.2, 0.25) is 0 Å². The van der Waals surface area contributed by atoms with E-state index in [2.05, 4.69) is 0 Å². The number of nitrogens with one attached hydrogen (secondary N) is 2. The number of hydrogen-bond donors (Lipinski definition) is 2. The fourth-order valence-corrected chi connectivity index (χ4v) is 1.02. The van der Waals surface area contributed by atoms with Gasteiger partial charge in [-0.05, 0) is 0 Å². The smallest absolute Gasteiger partial charge is 0.296 e. The summed E-state index contributed by atoms with van der Waals surface area (Å²) in [5.74, 6) is -18.3. The van der Waals surface area contributed by atoms with Crippen molar-refractivity contribution in [3.8, 4) is 0 Å². The third-order valence-electron chi connectivity index (χ3n) is 2.02. The Morgan fingerprint density at radius 2 is 1.50 bits per heavy atom. The minimum Gasteiger partial charge on any atom is -0.296 e. The summed E-state index contributed by atoms with van der Waals surface area (Å²) >= 11 is 0. The Kier molecular flexibility index (Phi) is 3.21. The Morgan fingerprint density at radius 3 is 1.83 bits per heavy atom. The summed E-state index contributed by atoms with van der Waals surface area (Å²) in [6.45, 7) is 0. The molecular weight excluding hydrogens is 280 g/mol. The van der Waals surface area contributed by atoms with Gasteiger partial charge >= 0.3 is 24.2 Å². The topological polar surface area (TPSA) is 48.6 Å². The predicted octanol–water partition coefficient (Wildman–Crippen LogP) is 2.33. The van der Waals surface area contributed by atoms with Crippen LogP contribution in [0.3, 0.4) is 0 Å². The summed E-state index contributed by atoms with van der Waals surface area (Å²) in [5, 5.41) is 2.62. The highest BCUT2D eigenvalue weighted by molar-refractivity contribution is 5.14. The van der Waals surface area contributed by atoms with Crippen LogP contribution in [-0.4, -0.2) is 28.5 Å². The highest BCUT2D eigenvalue weighted by atomic mass is 19.4. The van der Waals surface area contributed by atoms with Crippen molar-refractivity contribution in [1.29, 1.82) is 0 Å². The second-order valence-corrected chi connectivity index (χ2v) is 3.24. The SMILES string of the molecule is O=c1cc(C(F)(F)C(F)(F)C(F)(F)C(F)F)[nH][nH]1. The van der Waals surface area contributed by atoms with E-state index in [-0.39, 0.29) is 6.07 Å². The van der Waals surface area contributed by atoms with Crippen LogP contribution in [-0.2, 0) is 5.92 Å². The molecule has 3 nitrogen and oxygen atoms in total. The summed E-state index contributed by atoms with van der Waals surface area (Å²) in [6, 6.07) is -0.130. The van der Waals surface area contributed by atoms with Crippen molar-refractivity contribution in [2.75, 3.05) is 0 Å². The van der Waals surface area contributed by atoms with Crippen molar-refractivity contribution in [2.45, 2.75) is 24.2 Å². The van der Waals surface area contributed by atoms with Crippen LogP contribution in [0.1, 0.15) is 5.69 Å². The molecule has 1 aromatic rings. The highest BCUT2D eigenvalue weighted by Gasteiger charge is 2.76. The molecule has 0 bridgehead atoms. The van der Waals surface area contributed by atoms with Crippen molar-refractivity contribution >= 4 is 0 Å². The lowest BCUT2D eigenvalue weighted by molar-refractivity contribution is -0.344. The zero-order valence-electron chi connectivity index (χ0n) is 8.09. The zero-order valence-corrected chi connectivity index (χ0v) is 8.09. The average molecular weight is 284 g/mol. The van der Waals surface area contributed by atoms with Crippen molar-refractivity contribution in [3.05, 3.63) is 22.1 Å². The second-order valence-electron chi connectivity index (χ2n) is 3.24. The standard InChI is InChI=1S/C7H4F8N2O/c8-4(9)6(12,13)7(14,15)5(10,11)2-1-3(18)17-16-2/h1,4H,(H2,16,17,18). The predicted molar refractivity (Wildman–Crippen MR) is 41.2 cm³/mol. The lowest BCUT2D eigenvalue weighted by Crippen LogP contribution is -2.56. The van der Waals surface area contributed by atoms with Gasteiger partial charge in [-0.1, -0.05) is 0 Å². The largest absolute Gasteiger partial charge is 0.383 e. The molecule has 0 amide bonds. The van der Waals surface area contributed by atoms with Crippen LogP contribution in [0.2, 0.25) is 0 Å². The van der Waals surface area contributed by atoms with E-state index in [1.165, 1.54) is 10.2 Å². The Labute approximate surface area is 92.8 Å². The van der Waals surface area contributed by atoms with Crippen LogP contribution < -0.4 is 5.56 Å². The van der Waals surface area contributed by atoms with Gasteiger partial charge in [-0.3, -0.25) is 15.0 Å². The quantitative estimate of drug-likeness (QED) is 0.819. The second kappa shape index (κ2) is 3.99. The first-order chi connectivity index (χ1) is 7.94. The lowest BCUT2D eigenvalue weighted by Gasteiger charge is -2.31. The normalized spacial score (nSPS) is 14.3. The fraction of sp³-hybridized carbons (Fsp3) is 0.571. The molecule has 0 aliphatic carbocycles. The first-order valence-corrected chi connectivity index (χ1v) is 4.14. The summed E-state index contributed by atoms with van der Waals surface area (Å²) in [5.41, 5.74) is -3.22. The molecule has 0 fully saturated rings. The molecule has 18 heavy (non-hydrogen) atoms. The highest BCUT2D eigenvalue weighted by Crippen LogP contribution is 2.52. The molecule has 0 saturated heterocycles. The van der Waals surface area contributed by atoms with Crippen LogP contribution in [0.5, 0.6) is 0 Å². The molecule has 0 saturated carbocycles. The van der Waals surface area contributed by atoms with E-state index >= 15 is 0 Å². The van der Waals surface area contributed by atoms with Gasteiger partial charge < -0.3 is 0 Å². The molecule has 2 N–H and O–H groups in total. The van der Waals surface area contributed by atoms with E-state index in [4.69, 9.17) is 0 Å². The summed E-state index contributed by atoms with van der Waals surface area (Å²) < 4.78 is 100. The van der Waals surface area contributed by atoms with Crippen LogP contribution in [0.15, 0.2) is 10.9 Å². The molecule has 0 atom stereocenters. The minimum absolute atomic E-state index is 0.130. The van der Waals surface area contributed by atoms with Crippen LogP contribution in [0, 0.1) is 0 Å². The van der Waals surface area contributed by atoms with Gasteiger partial charge in [0.05, 0.1) is 0 Å². The Balaban J connectivity index is 3.30. The van der Waals surface area contributed by atoms with Gasteiger partial charge in [0.15, 0.2) is 0 Å². The van der Waals surface area contributed by atoms with Gasteiger partial charge in [0, 0.05) is 6.07 Å². The van der Waals surface area contributed by atoms with E-state index in [0.717, 1.165) is 0 Å². The van der Waals surface area contributed by atoms with Crippen LogP contribution >= 0.6 is 0 Å². The molecule has 0 radical (unpaired) electrons. The number of aromatic amines is 2. The van der Waals surface area contributed by atoms with E-state index < -0.39 is 35.4 Å². The molecule has 1 aromatic heterocycles. The molecule has 1 heterocycles. The average Bonchev–Trinajstić information content (AvgIpc) is 2.64. The van der Waals surface area contributed by atoms with Crippen molar-refractivity contribution in [2.24, 2.45) is 0 Å². The molecule has 11 heteroatoms. The van der Waals surface area contributed by atoms with Gasteiger partial charge in [0.25, 0.3) is 5.56 Å². The number of H-pyrrole nitrogens is 2. The number of hydrogen-bond acceptors (Lipinski definition) is 1. The molecule has 0 aromatic carbocycles. The molecule has 1 rings (SSSR count).